The average Bonchev–Trinajstić information content (AvgIpc) is 3.20. The highest BCUT2D eigenvalue weighted by Gasteiger charge is 2.44. The maximum atomic E-state index is 12.6. The van der Waals surface area contributed by atoms with Crippen molar-refractivity contribution >= 4 is 5.91 Å². The van der Waals surface area contributed by atoms with Gasteiger partial charge in [0.05, 0.1) is 18.3 Å². The van der Waals surface area contributed by atoms with Gasteiger partial charge < -0.3 is 9.42 Å². The van der Waals surface area contributed by atoms with Gasteiger partial charge in [0.1, 0.15) is 5.76 Å². The molecule has 0 saturated carbocycles. The topological polar surface area (TPSA) is 75.0 Å². The van der Waals surface area contributed by atoms with Crippen LogP contribution in [0.1, 0.15) is 42.0 Å². The van der Waals surface area contributed by atoms with E-state index in [1.54, 1.807) is 0 Å². The number of rotatable bonds is 2. The minimum Gasteiger partial charge on any atom is -0.361 e. The average molecular weight is 300 g/mol. The van der Waals surface area contributed by atoms with Crippen LogP contribution in [0, 0.1) is 6.92 Å². The number of piperidine rings is 1. The second-order valence-electron chi connectivity index (χ2n) is 6.58. The second-order valence-corrected chi connectivity index (χ2v) is 6.58. The van der Waals surface area contributed by atoms with Crippen molar-refractivity contribution in [3.8, 4) is 0 Å². The first-order chi connectivity index (χ1) is 10.7. The van der Waals surface area contributed by atoms with Gasteiger partial charge in [-0.05, 0) is 38.2 Å². The van der Waals surface area contributed by atoms with Gasteiger partial charge in [0, 0.05) is 30.3 Å². The smallest absolute Gasteiger partial charge is 0.230 e. The maximum absolute atomic E-state index is 12.6. The van der Waals surface area contributed by atoms with Crippen molar-refractivity contribution < 1.29 is 9.32 Å². The van der Waals surface area contributed by atoms with Crippen LogP contribution in [0.4, 0.5) is 0 Å². The number of nitrogens with one attached hydrogen (secondary N) is 1. The molecule has 0 aromatic carbocycles. The lowest BCUT2D eigenvalue weighted by molar-refractivity contribution is -0.133. The number of amides is 1. The zero-order valence-electron chi connectivity index (χ0n) is 12.8. The molecule has 1 unspecified atom stereocenters. The van der Waals surface area contributed by atoms with Crippen LogP contribution in [0.5, 0.6) is 0 Å². The number of carbonyl (C=O) groups is 1. The summed E-state index contributed by atoms with van der Waals surface area (Å²) in [5, 5.41) is 11.2. The lowest BCUT2D eigenvalue weighted by Gasteiger charge is -2.40. The van der Waals surface area contributed by atoms with Gasteiger partial charge in [-0.25, -0.2) is 0 Å². The van der Waals surface area contributed by atoms with E-state index in [9.17, 15) is 4.79 Å². The van der Waals surface area contributed by atoms with E-state index < -0.39 is 0 Å². The van der Waals surface area contributed by atoms with Crippen LogP contribution in [0.2, 0.25) is 0 Å². The van der Waals surface area contributed by atoms with Crippen molar-refractivity contribution in [3.05, 3.63) is 35.0 Å². The van der Waals surface area contributed by atoms with Crippen LogP contribution in [0.3, 0.4) is 0 Å². The molecule has 1 atom stereocenters. The number of hydrogen-bond acceptors (Lipinski definition) is 4. The van der Waals surface area contributed by atoms with Crippen LogP contribution in [0.25, 0.3) is 0 Å². The summed E-state index contributed by atoms with van der Waals surface area (Å²) in [6, 6.07) is 1.83. The Bertz CT molecular complexity index is 705. The molecule has 2 aromatic heterocycles. The highest BCUT2D eigenvalue weighted by atomic mass is 16.5. The number of H-pyrrole nitrogens is 1. The Kier molecular flexibility index (Phi) is 3.06. The van der Waals surface area contributed by atoms with Gasteiger partial charge in [-0.3, -0.25) is 9.89 Å². The molecule has 1 aliphatic carbocycles. The van der Waals surface area contributed by atoms with Gasteiger partial charge >= 0.3 is 0 Å². The summed E-state index contributed by atoms with van der Waals surface area (Å²) in [5.41, 5.74) is 3.47. The number of aromatic nitrogens is 3. The normalized spacial score (nSPS) is 24.0. The van der Waals surface area contributed by atoms with Crippen molar-refractivity contribution in [2.24, 2.45) is 0 Å². The van der Waals surface area contributed by atoms with Crippen LogP contribution in [-0.2, 0) is 23.1 Å². The molecule has 1 amide bonds. The fraction of sp³-hybridized carbons (Fsp3) is 0.562. The van der Waals surface area contributed by atoms with Crippen molar-refractivity contribution in [1.82, 2.24) is 20.3 Å². The van der Waals surface area contributed by atoms with Crippen molar-refractivity contribution in [3.63, 3.8) is 0 Å². The first kappa shape index (κ1) is 13.5. The summed E-state index contributed by atoms with van der Waals surface area (Å²) >= 11 is 0. The standard InChI is InChI=1S/C16H20N4O2/c1-11-7-13(22-19-11)8-14(21)20-6-2-4-16(10-20)5-3-12-9-17-18-15(12)16/h7,9H,2-6,8,10H2,1H3,(H,17,18). The number of nitrogens with zero attached hydrogens (tertiary/aromatic N) is 3. The molecule has 1 fully saturated rings. The highest BCUT2D eigenvalue weighted by molar-refractivity contribution is 5.78. The molecular formula is C16H20N4O2. The Morgan fingerprint density at radius 1 is 1.50 bits per heavy atom. The number of likely N-dealkylation sites (tertiary alicyclic amines) is 1. The third kappa shape index (κ3) is 2.14. The van der Waals surface area contributed by atoms with Gasteiger partial charge in [0.2, 0.25) is 5.91 Å². The lowest BCUT2D eigenvalue weighted by atomic mass is 9.77. The fourth-order valence-electron chi connectivity index (χ4n) is 3.97. The SMILES string of the molecule is Cc1cc(CC(=O)N2CCCC3(CCc4cn[nH]c43)C2)on1. The maximum Gasteiger partial charge on any atom is 0.230 e. The van der Waals surface area contributed by atoms with Crippen LogP contribution in [-0.4, -0.2) is 39.3 Å². The summed E-state index contributed by atoms with van der Waals surface area (Å²) in [7, 11) is 0. The predicted octanol–water partition coefficient (Wildman–Crippen LogP) is 1.76. The first-order valence-corrected chi connectivity index (χ1v) is 7.89. The van der Waals surface area contributed by atoms with Gasteiger partial charge in [-0.15, -0.1) is 0 Å². The monoisotopic (exact) mass is 300 g/mol. The molecule has 1 N–H and O–H groups in total. The molecule has 2 aliphatic rings. The third-order valence-corrected chi connectivity index (χ3v) is 5.05. The van der Waals surface area contributed by atoms with Crippen LogP contribution in [0.15, 0.2) is 16.8 Å². The quantitative estimate of drug-likeness (QED) is 0.917. The molecule has 1 spiro atoms. The Morgan fingerprint density at radius 3 is 3.23 bits per heavy atom. The summed E-state index contributed by atoms with van der Waals surface area (Å²) in [6.07, 6.45) is 6.58. The lowest BCUT2D eigenvalue weighted by Crippen LogP contribution is -2.48. The van der Waals surface area contributed by atoms with E-state index in [2.05, 4.69) is 15.4 Å². The van der Waals surface area contributed by atoms with Gasteiger partial charge in [0.25, 0.3) is 0 Å². The number of carbonyl (C=O) groups excluding carboxylic acids is 1. The third-order valence-electron chi connectivity index (χ3n) is 5.05. The molecule has 0 radical (unpaired) electrons. The van der Waals surface area contributed by atoms with Crippen LogP contribution < -0.4 is 0 Å². The minimum absolute atomic E-state index is 0.0804. The van der Waals surface area contributed by atoms with E-state index in [0.717, 1.165) is 44.5 Å². The minimum atomic E-state index is 0.0804. The molecule has 116 valence electrons. The fourth-order valence-corrected chi connectivity index (χ4v) is 3.97. The molecule has 6 heteroatoms. The number of fused-ring (bicyclic) bond motifs is 2. The van der Waals surface area contributed by atoms with E-state index in [4.69, 9.17) is 4.52 Å². The van der Waals surface area contributed by atoms with Gasteiger partial charge in [-0.1, -0.05) is 5.16 Å². The van der Waals surface area contributed by atoms with Crippen molar-refractivity contribution in [1.29, 1.82) is 0 Å². The Labute approximate surface area is 128 Å². The molecule has 3 heterocycles. The largest absolute Gasteiger partial charge is 0.361 e. The van der Waals surface area contributed by atoms with Crippen molar-refractivity contribution in [2.75, 3.05) is 13.1 Å². The Hall–Kier alpha value is -2.11. The number of hydrogen-bond donors (Lipinski definition) is 1. The first-order valence-electron chi connectivity index (χ1n) is 7.89. The molecular weight excluding hydrogens is 280 g/mol. The van der Waals surface area contributed by atoms with E-state index in [1.165, 1.54) is 11.3 Å². The van der Waals surface area contributed by atoms with E-state index >= 15 is 0 Å². The molecule has 4 rings (SSSR count). The molecule has 1 saturated heterocycles. The molecule has 22 heavy (non-hydrogen) atoms. The Balaban J connectivity index is 1.51. The van der Waals surface area contributed by atoms with Gasteiger partial charge in [-0.2, -0.15) is 5.10 Å². The summed E-state index contributed by atoms with van der Waals surface area (Å²) in [6.45, 7) is 3.48. The number of aryl methyl sites for hydroxylation is 2. The van der Waals surface area contributed by atoms with E-state index in [-0.39, 0.29) is 11.3 Å². The Morgan fingerprint density at radius 2 is 2.41 bits per heavy atom. The molecule has 2 aromatic rings. The zero-order valence-corrected chi connectivity index (χ0v) is 12.8. The van der Waals surface area contributed by atoms with E-state index in [1.807, 2.05) is 24.1 Å². The summed E-state index contributed by atoms with van der Waals surface area (Å²) in [4.78, 5) is 14.6. The molecule has 6 nitrogen and oxygen atoms in total. The summed E-state index contributed by atoms with van der Waals surface area (Å²) in [5.74, 6) is 0.777. The molecule has 1 aliphatic heterocycles. The predicted molar refractivity (Wildman–Crippen MR) is 79.3 cm³/mol. The van der Waals surface area contributed by atoms with Gasteiger partial charge in [0.15, 0.2) is 0 Å². The van der Waals surface area contributed by atoms with Crippen LogP contribution >= 0.6 is 0 Å². The van der Waals surface area contributed by atoms with E-state index in [0.29, 0.717) is 12.2 Å². The molecule has 0 bridgehead atoms. The number of aromatic amines is 1. The second kappa shape index (κ2) is 4.97. The highest BCUT2D eigenvalue weighted by Crippen LogP contribution is 2.43. The van der Waals surface area contributed by atoms with Crippen molar-refractivity contribution in [2.45, 2.75) is 44.4 Å². The summed E-state index contributed by atoms with van der Waals surface area (Å²) < 4.78 is 5.17. The zero-order chi connectivity index (χ0) is 15.2.